The van der Waals surface area contributed by atoms with Crippen LogP contribution in [0.1, 0.15) is 48.5 Å². The van der Waals surface area contributed by atoms with Crippen molar-refractivity contribution in [3.8, 4) is 41.5 Å². The maximum atomic E-state index is 5.26. The quantitative estimate of drug-likeness (QED) is 0.419. The van der Waals surface area contributed by atoms with Crippen molar-refractivity contribution in [1.82, 2.24) is 0 Å². The maximum Gasteiger partial charge on any atom is 0.0803 e. The first kappa shape index (κ1) is 36.6. The molecule has 0 heterocycles. The molecule has 142 valence electrons. The third-order valence-corrected chi connectivity index (χ3v) is 4.81. The minimum absolute atomic E-state index is 0.297. The lowest BCUT2D eigenvalue weighted by Crippen LogP contribution is -1.82. The van der Waals surface area contributed by atoms with Gasteiger partial charge in [-0.25, -0.2) is 0 Å². The molecule has 27 heavy (non-hydrogen) atoms. The Morgan fingerprint density at radius 3 is 1.52 bits per heavy atom. The Balaban J connectivity index is -0.0000000749. The fourth-order valence-electron chi connectivity index (χ4n) is 0.571. The third-order valence-electron chi connectivity index (χ3n) is 1.60. The third kappa shape index (κ3) is 111. The van der Waals surface area contributed by atoms with Gasteiger partial charge in [-0.05, 0) is 72.1 Å². The Kier molecular flexibility index (Phi) is 53.9. The van der Waals surface area contributed by atoms with Crippen LogP contribution in [0, 0.1) is 47.4 Å². The molecule has 0 aliphatic carbocycles. The van der Waals surface area contributed by atoms with Crippen molar-refractivity contribution in [3.05, 3.63) is 34.8 Å². The van der Waals surface area contributed by atoms with Gasteiger partial charge in [0.05, 0.1) is 8.96 Å². The van der Waals surface area contributed by atoms with E-state index in [1.54, 1.807) is 6.92 Å². The molecule has 0 unspecified atom stereocenters. The lowest BCUT2D eigenvalue weighted by Gasteiger charge is -1.90. The Bertz CT molecular complexity index is 675. The van der Waals surface area contributed by atoms with Crippen LogP contribution in [0.3, 0.4) is 0 Å². The largest absolute Gasteiger partial charge is 0.158 e. The van der Waals surface area contributed by atoms with Crippen LogP contribution >= 0.6 is 0 Å². The second-order valence-electron chi connectivity index (χ2n) is 5.30. The molecule has 0 aliphatic heterocycles. The van der Waals surface area contributed by atoms with Gasteiger partial charge in [0.15, 0.2) is 0 Å². The van der Waals surface area contributed by atoms with E-state index in [1.165, 1.54) is 11.6 Å². The van der Waals surface area contributed by atoms with Gasteiger partial charge in [-0.15, -0.1) is 11.9 Å². The summed E-state index contributed by atoms with van der Waals surface area (Å²) in [7, 11) is 2.31. The van der Waals surface area contributed by atoms with E-state index in [1.807, 2.05) is 45.2 Å². The van der Waals surface area contributed by atoms with E-state index >= 15 is 0 Å². The Morgan fingerprint density at radius 1 is 1.04 bits per heavy atom. The number of hydrogen-bond donors (Lipinski definition) is 0. The van der Waals surface area contributed by atoms with Gasteiger partial charge < -0.3 is 0 Å². The van der Waals surface area contributed by atoms with Crippen molar-refractivity contribution < 1.29 is 0 Å². The second-order valence-corrected chi connectivity index (χ2v) is 9.09. The first-order valence-corrected chi connectivity index (χ1v) is 14.0. The summed E-state index contributed by atoms with van der Waals surface area (Å²) in [5.41, 5.74) is 7.91. The molecule has 0 saturated carbocycles. The predicted octanol–water partition coefficient (Wildman–Crippen LogP) is 4.44. The molecule has 0 N–H and O–H groups in total. The van der Waals surface area contributed by atoms with Gasteiger partial charge in [-0.3, -0.25) is 0 Å². The van der Waals surface area contributed by atoms with Gasteiger partial charge >= 0.3 is 0 Å². The zero-order valence-corrected chi connectivity index (χ0v) is 23.1. The lowest BCUT2D eigenvalue weighted by atomic mass is 10.3. The highest BCUT2D eigenvalue weighted by Gasteiger charge is 1.83. The Labute approximate surface area is 181 Å². The molecule has 0 aliphatic rings. The summed E-state index contributed by atoms with van der Waals surface area (Å²) in [6.45, 7) is 17.7. The van der Waals surface area contributed by atoms with Crippen LogP contribution in [0.4, 0.5) is 0 Å². The summed E-state index contributed by atoms with van der Waals surface area (Å²) in [5.74, 6) is 3.44. The molecule has 0 amide bonds. The van der Waals surface area contributed by atoms with E-state index in [0.29, 0.717) is 44.8 Å². The summed E-state index contributed by atoms with van der Waals surface area (Å²) in [6.07, 6.45) is 1.94. The molecular formula is C22H34Si5. The zero-order chi connectivity index (χ0) is 22.5. The molecule has 0 atom stereocenters. The highest BCUT2D eigenvalue weighted by molar-refractivity contribution is 6.33. The van der Waals surface area contributed by atoms with Crippen molar-refractivity contribution in [2.45, 2.75) is 54.5 Å². The van der Waals surface area contributed by atoms with E-state index in [-0.39, 0.29) is 0 Å². The highest BCUT2D eigenvalue weighted by Crippen LogP contribution is 1.93. The van der Waals surface area contributed by atoms with Crippen molar-refractivity contribution in [1.29, 1.82) is 0 Å². The summed E-state index contributed by atoms with van der Waals surface area (Å²) < 4.78 is 0. The van der Waals surface area contributed by atoms with E-state index in [2.05, 4.69) is 31.9 Å². The lowest BCUT2D eigenvalue weighted by molar-refractivity contribution is 0.734. The Hall–Kier alpha value is -1.24. The summed E-state index contributed by atoms with van der Waals surface area (Å²) in [4.78, 5) is 0. The molecule has 0 nitrogen and oxygen atoms in total. The molecule has 0 aromatic rings. The van der Waals surface area contributed by atoms with E-state index in [4.69, 9.17) is 30.0 Å². The fourth-order valence-corrected chi connectivity index (χ4v) is 1.71. The summed E-state index contributed by atoms with van der Waals surface area (Å²) in [6, 6.07) is 26.8. The normalized spacial score (nSPS) is 6.33. The predicted molar refractivity (Wildman–Crippen MR) is 136 cm³/mol. The monoisotopic (exact) mass is 438 g/mol. The van der Waals surface area contributed by atoms with Crippen LogP contribution in [-0.4, -0.2) is 44.8 Å². The van der Waals surface area contributed by atoms with Crippen LogP contribution in [0.5, 0.6) is 0 Å². The average molecular weight is 439 g/mol. The summed E-state index contributed by atoms with van der Waals surface area (Å²) in [5, 5.41) is 1.06. The maximum absolute atomic E-state index is 5.26. The molecule has 0 rings (SSSR count). The first-order valence-electron chi connectivity index (χ1n) is 8.24. The van der Waals surface area contributed by atoms with E-state index < -0.39 is 0 Å². The van der Waals surface area contributed by atoms with Gasteiger partial charge in [0, 0.05) is 26.9 Å². The van der Waals surface area contributed by atoms with Crippen LogP contribution in [-0.2, 0) is 0 Å². The van der Waals surface area contributed by atoms with Gasteiger partial charge in [0.1, 0.15) is 0 Å². The molecule has 0 aromatic heterocycles. The highest BCUT2D eigenvalue weighted by atomic mass is 28.2. The van der Waals surface area contributed by atoms with Gasteiger partial charge in [0.25, 0.3) is 0 Å². The smallest absolute Gasteiger partial charge is 0.0803 e. The molecular weight excluding hydrogens is 405 g/mol. The second kappa shape index (κ2) is 39.7. The van der Waals surface area contributed by atoms with E-state index in [0.717, 1.165) is 11.1 Å². The van der Waals surface area contributed by atoms with Crippen LogP contribution in [0.25, 0.3) is 0 Å². The topological polar surface area (TPSA) is 0 Å². The van der Waals surface area contributed by atoms with Crippen LogP contribution in [0.2, 0.25) is 6.04 Å². The Morgan fingerprint density at radius 2 is 1.52 bits per heavy atom. The van der Waals surface area contributed by atoms with E-state index in [9.17, 15) is 0 Å². The first-order chi connectivity index (χ1) is 12.6. The van der Waals surface area contributed by atoms with Crippen molar-refractivity contribution >= 4 is 44.8 Å². The summed E-state index contributed by atoms with van der Waals surface area (Å²) >= 11 is 0. The number of allylic oxidation sites excluding steroid dienone is 3. The minimum atomic E-state index is 0.297. The van der Waals surface area contributed by atoms with Crippen molar-refractivity contribution in [2.75, 3.05) is 0 Å². The molecule has 0 bridgehead atoms. The zero-order valence-electron chi connectivity index (χ0n) is 18.1. The molecule has 0 spiro atoms. The van der Waals surface area contributed by atoms with Gasteiger partial charge in [-0.2, -0.15) is 24.0 Å². The van der Waals surface area contributed by atoms with Crippen molar-refractivity contribution in [3.63, 3.8) is 0 Å². The molecule has 0 saturated heterocycles. The van der Waals surface area contributed by atoms with Gasteiger partial charge in [0.2, 0.25) is 0 Å². The standard InChI is InChI=1S/C5H10Si.C5H8Si.2C4H6Si.C4H4Si/c2*1-5(2)4-6-3;1-4(2)5-3;2*1-3-4-5-2/h3,5H,4H2,1-2H3;3-4H,1-2H3;3H,1H2,2H3;2-4H,1H3;2H,1H3. The SMILES string of the molecule is C#[Si]C#CC.C#[Si]C(=C)C.C#[Si]C=C(C)C.C#[Si]C=CC.C#[Si]CC(C)C. The average Bonchev–Trinajstić information content (AvgIpc) is 2.58. The molecule has 0 aromatic carbocycles. The van der Waals surface area contributed by atoms with Gasteiger partial charge in [-0.1, -0.05) is 37.6 Å². The van der Waals surface area contributed by atoms with Crippen LogP contribution in [0.15, 0.2) is 34.8 Å². The van der Waals surface area contributed by atoms with Crippen LogP contribution < -0.4 is 0 Å². The number of hydrogen-bond acceptors (Lipinski definition) is 0. The minimum Gasteiger partial charge on any atom is -0.158 e. The number of rotatable bonds is 1. The molecule has 5 heteroatoms. The molecule has 0 radical (unpaired) electrons. The van der Waals surface area contributed by atoms with Crippen molar-refractivity contribution in [2.24, 2.45) is 5.92 Å². The molecule has 0 fully saturated rings. The fraction of sp³-hybridized carbons (Fsp3) is 0.409.